The number of nitrogens with zero attached hydrogens (tertiary/aromatic N) is 1. The molecule has 2 aromatic rings. The van der Waals surface area contributed by atoms with E-state index < -0.39 is 16.8 Å². The number of carboxylic acids is 1. The van der Waals surface area contributed by atoms with E-state index in [2.05, 4.69) is 15.9 Å². The lowest BCUT2D eigenvalue weighted by molar-refractivity contribution is -0.152. The van der Waals surface area contributed by atoms with Crippen molar-refractivity contribution in [1.29, 1.82) is 0 Å². The fourth-order valence-electron chi connectivity index (χ4n) is 3.71. The number of benzene rings is 2. The van der Waals surface area contributed by atoms with Crippen molar-refractivity contribution in [2.24, 2.45) is 5.92 Å². The van der Waals surface area contributed by atoms with Gasteiger partial charge in [0.25, 0.3) is 5.97 Å². The molecule has 10 heteroatoms. The van der Waals surface area contributed by atoms with Crippen molar-refractivity contribution in [3.05, 3.63) is 68.6 Å². The molecule has 3 atom stereocenters. The van der Waals surface area contributed by atoms with E-state index in [1.807, 2.05) is 74.2 Å². The van der Waals surface area contributed by atoms with Gasteiger partial charge in [-0.1, -0.05) is 47.5 Å². The lowest BCUT2D eigenvalue weighted by Gasteiger charge is -2.42. The van der Waals surface area contributed by atoms with Gasteiger partial charge in [-0.05, 0) is 85.3 Å². The molecule has 4 rings (SSSR count). The molecule has 2 aromatic carbocycles. The van der Waals surface area contributed by atoms with Crippen LogP contribution in [0.4, 0.5) is 0 Å². The summed E-state index contributed by atoms with van der Waals surface area (Å²) >= 11 is 14.9. The average Bonchev–Trinajstić information content (AvgIpc) is 3.65. The Morgan fingerprint density at radius 3 is 2.19 bits per heavy atom. The van der Waals surface area contributed by atoms with Crippen molar-refractivity contribution in [2.45, 2.75) is 57.4 Å². The standard InChI is InChI=1S/C19H26ClNO3S.C6H4BrCl.C2H4O2/c1-19(2,3)25(23)12-17(14-4-5-14)21-16(10-24-11-18(21)22)13-6-8-15(20)9-7-13;7-5-3-1-2-4-6(5)8;1-2(3)4/h6-9,14,16-17H,4-5,10-12H2,1-3H3;1-4H;1H3,(H,3,4). The topological polar surface area (TPSA) is 83.9 Å². The van der Waals surface area contributed by atoms with Crippen molar-refractivity contribution >= 4 is 61.8 Å². The van der Waals surface area contributed by atoms with Crippen LogP contribution in [0.1, 0.15) is 52.1 Å². The molecule has 0 aromatic heterocycles. The second kappa shape index (κ2) is 14.6. The fourth-order valence-corrected chi connectivity index (χ4v) is 5.50. The van der Waals surface area contributed by atoms with Gasteiger partial charge < -0.3 is 14.7 Å². The molecule has 1 N–H and O–H groups in total. The van der Waals surface area contributed by atoms with Crippen LogP contribution in [0, 0.1) is 5.92 Å². The van der Waals surface area contributed by atoms with Crippen molar-refractivity contribution in [2.75, 3.05) is 19.0 Å². The summed E-state index contributed by atoms with van der Waals surface area (Å²) in [5, 5.41) is 8.85. The summed E-state index contributed by atoms with van der Waals surface area (Å²) in [6.45, 7) is 7.63. The van der Waals surface area contributed by atoms with Crippen LogP contribution in [-0.4, -0.2) is 55.8 Å². The van der Waals surface area contributed by atoms with Crippen LogP contribution >= 0.6 is 39.1 Å². The SMILES string of the molecule is CC(=O)O.CC(C)(C)S(=O)CC(C1CC1)N1C(=O)COCC1c1ccc(Cl)cc1.Clc1ccccc1Br. The molecular weight excluding hydrogens is 601 g/mol. The van der Waals surface area contributed by atoms with Crippen LogP contribution in [0.15, 0.2) is 53.0 Å². The molecule has 2 fully saturated rings. The minimum atomic E-state index is -0.995. The number of aliphatic carboxylic acids is 1. The van der Waals surface area contributed by atoms with E-state index in [0.29, 0.717) is 23.3 Å². The molecule has 1 heterocycles. The Balaban J connectivity index is 0.000000331. The van der Waals surface area contributed by atoms with Crippen LogP contribution in [0.25, 0.3) is 0 Å². The van der Waals surface area contributed by atoms with Gasteiger partial charge in [-0.2, -0.15) is 0 Å². The third kappa shape index (κ3) is 10.7. The van der Waals surface area contributed by atoms with Gasteiger partial charge in [0, 0.05) is 43.8 Å². The van der Waals surface area contributed by atoms with E-state index in [4.69, 9.17) is 37.8 Å². The maximum atomic E-state index is 12.8. The van der Waals surface area contributed by atoms with Crippen molar-refractivity contribution in [3.8, 4) is 0 Å². The number of halogens is 3. The summed E-state index contributed by atoms with van der Waals surface area (Å²) in [7, 11) is -0.995. The van der Waals surface area contributed by atoms with Crippen molar-refractivity contribution in [1.82, 2.24) is 4.90 Å². The van der Waals surface area contributed by atoms with Gasteiger partial charge in [0.15, 0.2) is 0 Å². The minimum absolute atomic E-state index is 0.00555. The van der Waals surface area contributed by atoms with Crippen LogP contribution in [0.2, 0.25) is 10.0 Å². The molecule has 1 amide bonds. The number of amides is 1. The number of carboxylic acid groups (broad SMARTS) is 1. The van der Waals surface area contributed by atoms with E-state index in [1.165, 1.54) is 0 Å². The summed E-state index contributed by atoms with van der Waals surface area (Å²) in [4.78, 5) is 23.7. The largest absolute Gasteiger partial charge is 0.481 e. The molecule has 204 valence electrons. The highest BCUT2D eigenvalue weighted by Gasteiger charge is 2.44. The second-order valence-corrected chi connectivity index (χ2v) is 13.8. The number of hydrogen-bond acceptors (Lipinski definition) is 4. The van der Waals surface area contributed by atoms with Crippen LogP contribution in [0.5, 0.6) is 0 Å². The van der Waals surface area contributed by atoms with Gasteiger partial charge in [0.2, 0.25) is 5.91 Å². The average molecular weight is 635 g/mol. The molecule has 1 aliphatic carbocycles. The monoisotopic (exact) mass is 633 g/mol. The zero-order valence-electron chi connectivity index (χ0n) is 21.5. The molecule has 0 radical (unpaired) electrons. The first-order valence-electron chi connectivity index (χ1n) is 11.9. The number of hydrogen-bond donors (Lipinski definition) is 1. The number of ether oxygens (including phenoxy) is 1. The highest BCUT2D eigenvalue weighted by Crippen LogP contribution is 2.40. The van der Waals surface area contributed by atoms with Gasteiger partial charge in [-0.25, -0.2) is 0 Å². The lowest BCUT2D eigenvalue weighted by atomic mass is 10.0. The summed E-state index contributed by atoms with van der Waals surface area (Å²) in [5.41, 5.74) is 1.02. The number of carbonyl (C=O) groups is 2. The predicted octanol–water partition coefficient (Wildman–Crippen LogP) is 6.76. The Bertz CT molecular complexity index is 1050. The van der Waals surface area contributed by atoms with Gasteiger partial charge in [0.1, 0.15) is 6.61 Å². The Morgan fingerprint density at radius 2 is 1.73 bits per heavy atom. The number of rotatable bonds is 5. The minimum Gasteiger partial charge on any atom is -0.481 e. The summed E-state index contributed by atoms with van der Waals surface area (Å²) in [5.74, 6) is 0.140. The first-order chi connectivity index (χ1) is 17.3. The first kappa shape index (κ1) is 31.8. The highest BCUT2D eigenvalue weighted by molar-refractivity contribution is 9.10. The Labute approximate surface area is 240 Å². The van der Waals surface area contributed by atoms with E-state index in [9.17, 15) is 9.00 Å². The summed E-state index contributed by atoms with van der Waals surface area (Å²) < 4.78 is 19.0. The maximum Gasteiger partial charge on any atom is 0.300 e. The zero-order chi connectivity index (χ0) is 27.8. The molecule has 6 nitrogen and oxygen atoms in total. The smallest absolute Gasteiger partial charge is 0.300 e. The molecule has 0 spiro atoms. The summed E-state index contributed by atoms with van der Waals surface area (Å²) in [6.07, 6.45) is 2.20. The van der Waals surface area contributed by atoms with Gasteiger partial charge in [-0.15, -0.1) is 0 Å². The third-order valence-electron chi connectivity index (χ3n) is 5.73. The molecule has 1 aliphatic heterocycles. The van der Waals surface area contributed by atoms with Crippen molar-refractivity contribution < 1.29 is 23.6 Å². The molecule has 3 unspecified atom stereocenters. The molecule has 1 saturated carbocycles. The van der Waals surface area contributed by atoms with Crippen LogP contribution in [-0.2, 0) is 25.1 Å². The highest BCUT2D eigenvalue weighted by atomic mass is 79.9. The van der Waals surface area contributed by atoms with E-state index in [0.717, 1.165) is 34.8 Å². The van der Waals surface area contributed by atoms with E-state index in [-0.39, 0.29) is 29.3 Å². The van der Waals surface area contributed by atoms with Crippen LogP contribution < -0.4 is 0 Å². The second-order valence-electron chi connectivity index (χ2n) is 9.85. The lowest BCUT2D eigenvalue weighted by Crippen LogP contribution is -2.53. The third-order valence-corrected chi connectivity index (χ3v) is 9.24. The maximum absolute atomic E-state index is 12.8. The van der Waals surface area contributed by atoms with E-state index in [1.54, 1.807) is 0 Å². The van der Waals surface area contributed by atoms with E-state index >= 15 is 0 Å². The van der Waals surface area contributed by atoms with Crippen molar-refractivity contribution in [3.63, 3.8) is 0 Å². The Morgan fingerprint density at radius 1 is 1.16 bits per heavy atom. The fraction of sp³-hybridized carbons (Fsp3) is 0.481. The van der Waals surface area contributed by atoms with Gasteiger partial charge in [-0.3, -0.25) is 13.8 Å². The Kier molecular flexibility index (Phi) is 12.6. The van der Waals surface area contributed by atoms with Gasteiger partial charge in [0.05, 0.1) is 17.7 Å². The molecular formula is C27H34BrCl2NO5S. The molecule has 2 aliphatic rings. The normalized spacial score (nSPS) is 19.1. The summed E-state index contributed by atoms with van der Waals surface area (Å²) in [6, 6.07) is 15.0. The zero-order valence-corrected chi connectivity index (χ0v) is 25.4. The van der Waals surface area contributed by atoms with Gasteiger partial charge >= 0.3 is 0 Å². The molecule has 0 bridgehead atoms. The molecule has 1 saturated heterocycles. The Hall–Kier alpha value is -1.45. The number of carbonyl (C=O) groups excluding carboxylic acids is 1. The molecule has 37 heavy (non-hydrogen) atoms. The first-order valence-corrected chi connectivity index (χ1v) is 14.8. The number of morpholine rings is 1. The van der Waals surface area contributed by atoms with Crippen LogP contribution in [0.3, 0.4) is 0 Å². The predicted molar refractivity (Wildman–Crippen MR) is 154 cm³/mol. The quantitative estimate of drug-likeness (QED) is 0.393.